The van der Waals surface area contributed by atoms with E-state index in [1.54, 1.807) is 0 Å². The van der Waals surface area contributed by atoms with Gasteiger partial charge >= 0.3 is 0 Å². The molecule has 4 heteroatoms. The maximum absolute atomic E-state index is 5.94. The Morgan fingerprint density at radius 3 is 3.27 bits per heavy atom. The lowest BCUT2D eigenvalue weighted by molar-refractivity contribution is 0.274. The van der Waals surface area contributed by atoms with Crippen LogP contribution in [0.15, 0.2) is 10.7 Å². The summed E-state index contributed by atoms with van der Waals surface area (Å²) in [4.78, 5) is 0. The van der Waals surface area contributed by atoms with Crippen LogP contribution >= 0.6 is 15.9 Å². The number of nitrogens with zero attached hydrogens (tertiary/aromatic N) is 2. The molecule has 0 radical (unpaired) electrons. The fourth-order valence-corrected chi connectivity index (χ4v) is 3.43. The molecule has 1 aromatic rings. The second kappa shape index (κ2) is 3.32. The van der Waals surface area contributed by atoms with Gasteiger partial charge in [-0.15, -0.1) is 0 Å². The summed E-state index contributed by atoms with van der Waals surface area (Å²) in [5.41, 5.74) is 1.26. The molecule has 3 rings (SSSR count). The molecule has 0 aromatic carbocycles. The van der Waals surface area contributed by atoms with Crippen LogP contribution in [0.1, 0.15) is 38.3 Å². The summed E-state index contributed by atoms with van der Waals surface area (Å²) in [5, 5.41) is 4.37. The Labute approximate surface area is 97.9 Å². The number of fused-ring (bicyclic) bond motifs is 1. The minimum atomic E-state index is 0.00356. The minimum Gasteiger partial charge on any atom is -0.359 e. The topological polar surface area (TPSA) is 30.4 Å². The second-order valence-electron chi connectivity index (χ2n) is 4.40. The first-order chi connectivity index (χ1) is 7.28. The number of hydrogen-bond acceptors (Lipinski definition) is 2. The van der Waals surface area contributed by atoms with E-state index >= 15 is 0 Å². The predicted octanol–water partition coefficient (Wildman–Crippen LogP) is 2.83. The Morgan fingerprint density at radius 1 is 1.67 bits per heavy atom. The third kappa shape index (κ3) is 1.31. The number of aromatic nitrogens is 2. The van der Waals surface area contributed by atoms with Gasteiger partial charge in [-0.3, -0.25) is 4.68 Å². The van der Waals surface area contributed by atoms with Crippen molar-refractivity contribution in [3.63, 3.8) is 0 Å². The molecule has 1 aromatic heterocycles. The Morgan fingerprint density at radius 2 is 2.53 bits per heavy atom. The summed E-state index contributed by atoms with van der Waals surface area (Å²) in [6.07, 6.45) is 7.29. The van der Waals surface area contributed by atoms with Gasteiger partial charge in [-0.05, 0) is 42.1 Å². The van der Waals surface area contributed by atoms with E-state index < -0.39 is 0 Å². The standard InChI is InChI=1S/C11H15BrN2O/c1-2-14-10(8(12)7-13-14)11-6-4-3-5-9(11)15-11/h7,9H,2-6H2,1H3/t9-,11+/m0/s1. The molecule has 82 valence electrons. The number of epoxide rings is 1. The number of halogens is 1. The molecule has 1 saturated heterocycles. The SMILES string of the molecule is CCn1ncc(Br)c1[C@@]12CCCC[C@@H]1O2. The van der Waals surface area contributed by atoms with Gasteiger partial charge in [0.15, 0.2) is 0 Å². The van der Waals surface area contributed by atoms with Crippen molar-refractivity contribution < 1.29 is 4.74 Å². The van der Waals surface area contributed by atoms with Crippen LogP contribution in [0.4, 0.5) is 0 Å². The Kier molecular flexibility index (Phi) is 2.18. The van der Waals surface area contributed by atoms with Crippen LogP contribution in [0, 0.1) is 0 Å². The van der Waals surface area contributed by atoms with Gasteiger partial charge in [0.2, 0.25) is 0 Å². The van der Waals surface area contributed by atoms with E-state index in [4.69, 9.17) is 4.74 Å². The number of rotatable bonds is 2. The molecule has 2 atom stereocenters. The normalized spacial score (nSPS) is 33.9. The molecule has 1 aliphatic carbocycles. The molecule has 0 N–H and O–H groups in total. The highest BCUT2D eigenvalue weighted by Gasteiger charge is 2.60. The van der Waals surface area contributed by atoms with E-state index in [2.05, 4.69) is 32.6 Å². The molecule has 3 nitrogen and oxygen atoms in total. The molecule has 1 aliphatic heterocycles. The third-order valence-electron chi connectivity index (χ3n) is 3.58. The molecule has 2 heterocycles. The molecular formula is C11H15BrN2O. The van der Waals surface area contributed by atoms with Gasteiger partial charge in [0.25, 0.3) is 0 Å². The first-order valence-corrected chi connectivity index (χ1v) is 6.47. The zero-order chi connectivity index (χ0) is 10.5. The van der Waals surface area contributed by atoms with E-state index in [0.29, 0.717) is 6.10 Å². The van der Waals surface area contributed by atoms with Crippen molar-refractivity contribution in [2.45, 2.75) is 50.9 Å². The predicted molar refractivity (Wildman–Crippen MR) is 60.6 cm³/mol. The summed E-state index contributed by atoms with van der Waals surface area (Å²) >= 11 is 3.59. The van der Waals surface area contributed by atoms with Gasteiger partial charge < -0.3 is 4.74 Å². The van der Waals surface area contributed by atoms with Gasteiger partial charge in [0, 0.05) is 6.54 Å². The van der Waals surface area contributed by atoms with Crippen LogP contribution < -0.4 is 0 Å². The second-order valence-corrected chi connectivity index (χ2v) is 5.25. The van der Waals surface area contributed by atoms with Crippen molar-refractivity contribution >= 4 is 15.9 Å². The fraction of sp³-hybridized carbons (Fsp3) is 0.727. The lowest BCUT2D eigenvalue weighted by atomic mass is 9.86. The van der Waals surface area contributed by atoms with Crippen LogP contribution in [-0.2, 0) is 16.9 Å². The fourth-order valence-electron chi connectivity index (χ4n) is 2.80. The smallest absolute Gasteiger partial charge is 0.137 e. The van der Waals surface area contributed by atoms with Crippen molar-refractivity contribution in [2.75, 3.05) is 0 Å². The molecule has 2 aliphatic rings. The van der Waals surface area contributed by atoms with Crippen LogP contribution in [0.25, 0.3) is 0 Å². The van der Waals surface area contributed by atoms with Crippen molar-refractivity contribution in [3.8, 4) is 0 Å². The monoisotopic (exact) mass is 270 g/mol. The Hall–Kier alpha value is -0.350. The highest BCUT2D eigenvalue weighted by atomic mass is 79.9. The number of aryl methyl sites for hydroxylation is 1. The zero-order valence-electron chi connectivity index (χ0n) is 8.87. The van der Waals surface area contributed by atoms with Gasteiger partial charge in [-0.1, -0.05) is 6.42 Å². The van der Waals surface area contributed by atoms with E-state index in [1.807, 2.05) is 6.20 Å². The molecule has 0 spiro atoms. The van der Waals surface area contributed by atoms with E-state index in [-0.39, 0.29) is 5.60 Å². The van der Waals surface area contributed by atoms with Crippen molar-refractivity contribution in [3.05, 3.63) is 16.4 Å². The zero-order valence-corrected chi connectivity index (χ0v) is 10.5. The first-order valence-electron chi connectivity index (χ1n) is 5.67. The minimum absolute atomic E-state index is 0.00356. The van der Waals surface area contributed by atoms with Crippen LogP contribution in [0.3, 0.4) is 0 Å². The summed E-state index contributed by atoms with van der Waals surface area (Å²) in [6.45, 7) is 3.04. The molecular weight excluding hydrogens is 256 g/mol. The largest absolute Gasteiger partial charge is 0.359 e. The highest BCUT2D eigenvalue weighted by molar-refractivity contribution is 9.10. The quantitative estimate of drug-likeness (QED) is 0.774. The number of ether oxygens (including phenoxy) is 1. The molecule has 1 saturated carbocycles. The summed E-state index contributed by atoms with van der Waals surface area (Å²) < 4.78 is 9.11. The summed E-state index contributed by atoms with van der Waals surface area (Å²) in [6, 6.07) is 0. The third-order valence-corrected chi connectivity index (χ3v) is 4.16. The van der Waals surface area contributed by atoms with Crippen molar-refractivity contribution in [2.24, 2.45) is 0 Å². The van der Waals surface area contributed by atoms with Gasteiger partial charge in [-0.2, -0.15) is 5.10 Å². The highest BCUT2D eigenvalue weighted by Crippen LogP contribution is 2.56. The van der Waals surface area contributed by atoms with Crippen LogP contribution in [0.5, 0.6) is 0 Å². The van der Waals surface area contributed by atoms with E-state index in [9.17, 15) is 0 Å². The van der Waals surface area contributed by atoms with Gasteiger partial charge in [0.05, 0.1) is 22.5 Å². The lowest BCUT2D eigenvalue weighted by Crippen LogP contribution is -2.22. The Bertz CT molecular complexity index is 390. The van der Waals surface area contributed by atoms with Gasteiger partial charge in [-0.25, -0.2) is 0 Å². The van der Waals surface area contributed by atoms with E-state index in [0.717, 1.165) is 17.4 Å². The number of hydrogen-bond donors (Lipinski definition) is 0. The van der Waals surface area contributed by atoms with Crippen LogP contribution in [-0.4, -0.2) is 15.9 Å². The molecule has 0 unspecified atom stereocenters. The summed E-state index contributed by atoms with van der Waals surface area (Å²) in [5.74, 6) is 0. The van der Waals surface area contributed by atoms with Crippen molar-refractivity contribution in [1.82, 2.24) is 9.78 Å². The molecule has 15 heavy (non-hydrogen) atoms. The average Bonchev–Trinajstić information content (AvgIpc) is 2.87. The van der Waals surface area contributed by atoms with E-state index in [1.165, 1.54) is 25.0 Å². The maximum atomic E-state index is 5.94. The van der Waals surface area contributed by atoms with Crippen molar-refractivity contribution in [1.29, 1.82) is 0 Å². The molecule has 2 fully saturated rings. The average molecular weight is 271 g/mol. The summed E-state index contributed by atoms with van der Waals surface area (Å²) in [7, 11) is 0. The van der Waals surface area contributed by atoms with Crippen LogP contribution in [0.2, 0.25) is 0 Å². The Balaban J connectivity index is 2.01. The maximum Gasteiger partial charge on any atom is 0.137 e. The molecule has 0 amide bonds. The molecule has 0 bridgehead atoms. The lowest BCUT2D eigenvalue weighted by Gasteiger charge is -2.18. The van der Waals surface area contributed by atoms with Gasteiger partial charge in [0.1, 0.15) is 5.60 Å². The first kappa shape index (κ1) is 9.85.